The molecule has 0 saturated heterocycles. The number of aromatic nitrogens is 3. The first-order valence-corrected chi connectivity index (χ1v) is 9.94. The minimum atomic E-state index is -0.712. The second kappa shape index (κ2) is 8.32. The molecule has 8 heteroatoms. The van der Waals surface area contributed by atoms with Gasteiger partial charge in [-0.15, -0.1) is 0 Å². The maximum absolute atomic E-state index is 12.5. The molecule has 1 saturated carbocycles. The summed E-state index contributed by atoms with van der Waals surface area (Å²) in [6, 6.07) is 7.49. The molecule has 0 bridgehead atoms. The van der Waals surface area contributed by atoms with E-state index >= 15 is 0 Å². The number of likely N-dealkylation sites (N-methyl/N-ethyl adjacent to an activating group) is 1. The van der Waals surface area contributed by atoms with Crippen LogP contribution in [0, 0.1) is 5.92 Å². The van der Waals surface area contributed by atoms with E-state index < -0.39 is 11.8 Å². The van der Waals surface area contributed by atoms with E-state index in [1.807, 2.05) is 47.0 Å². The van der Waals surface area contributed by atoms with Crippen molar-refractivity contribution in [1.82, 2.24) is 25.0 Å². The van der Waals surface area contributed by atoms with Crippen molar-refractivity contribution in [3.63, 3.8) is 0 Å². The van der Waals surface area contributed by atoms with Crippen molar-refractivity contribution in [3.05, 3.63) is 36.2 Å². The highest BCUT2D eigenvalue weighted by Crippen LogP contribution is 2.34. The predicted octanol–water partition coefficient (Wildman–Crippen LogP) is 1.96. The van der Waals surface area contributed by atoms with Crippen LogP contribution in [0.3, 0.4) is 0 Å². The fourth-order valence-electron chi connectivity index (χ4n) is 3.19. The third-order valence-electron chi connectivity index (χ3n) is 5.09. The number of hydrogen-bond donors (Lipinski definition) is 2. The first kappa shape index (κ1) is 21.0. The Hall–Kier alpha value is -2.74. The maximum atomic E-state index is 12.5. The van der Waals surface area contributed by atoms with Crippen LogP contribution in [0.5, 0.6) is 0 Å². The standard InChI is InChI=1S/C21H30N6O2/c1-21(2,3)16-12-18(27(25-16)17-8-6-7-11-22-17)24-20(29)19(28)23-13-15(26(4)5)14-9-10-14/h6-8,11-12,14-15H,9-10,13H2,1-5H3,(H,23,28)(H,24,29). The van der Waals surface area contributed by atoms with Gasteiger partial charge in [-0.2, -0.15) is 9.78 Å². The van der Waals surface area contributed by atoms with Crippen LogP contribution < -0.4 is 10.6 Å². The molecular weight excluding hydrogens is 368 g/mol. The summed E-state index contributed by atoms with van der Waals surface area (Å²) in [7, 11) is 3.99. The van der Waals surface area contributed by atoms with Crippen molar-refractivity contribution in [1.29, 1.82) is 0 Å². The van der Waals surface area contributed by atoms with E-state index in [1.54, 1.807) is 23.0 Å². The molecule has 29 heavy (non-hydrogen) atoms. The van der Waals surface area contributed by atoms with Crippen molar-refractivity contribution in [2.45, 2.75) is 45.1 Å². The van der Waals surface area contributed by atoms with E-state index in [0.717, 1.165) is 5.69 Å². The predicted molar refractivity (Wildman–Crippen MR) is 112 cm³/mol. The minimum absolute atomic E-state index is 0.217. The van der Waals surface area contributed by atoms with Crippen molar-refractivity contribution >= 4 is 17.6 Å². The van der Waals surface area contributed by atoms with Gasteiger partial charge in [0.05, 0.1) is 5.69 Å². The fraction of sp³-hybridized carbons (Fsp3) is 0.524. The molecule has 0 spiro atoms. The lowest BCUT2D eigenvalue weighted by molar-refractivity contribution is -0.136. The SMILES string of the molecule is CN(C)C(CNC(=O)C(=O)Nc1cc(C(C)(C)C)nn1-c1ccccn1)C1CC1. The van der Waals surface area contributed by atoms with E-state index in [1.165, 1.54) is 12.8 Å². The number of anilines is 1. The van der Waals surface area contributed by atoms with Crippen molar-refractivity contribution in [2.24, 2.45) is 5.92 Å². The molecule has 0 aliphatic heterocycles. The third-order valence-corrected chi connectivity index (χ3v) is 5.09. The summed E-state index contributed by atoms with van der Waals surface area (Å²) >= 11 is 0. The van der Waals surface area contributed by atoms with Gasteiger partial charge in [-0.1, -0.05) is 26.8 Å². The fourth-order valence-corrected chi connectivity index (χ4v) is 3.19. The Balaban J connectivity index is 1.73. The number of carbonyl (C=O) groups is 2. The summed E-state index contributed by atoms with van der Waals surface area (Å²) in [5.74, 6) is 0.216. The Labute approximate surface area is 171 Å². The number of carbonyl (C=O) groups excluding carboxylic acids is 2. The highest BCUT2D eigenvalue weighted by Gasteiger charge is 2.33. The molecule has 1 aliphatic carbocycles. The second-order valence-electron chi connectivity index (χ2n) is 8.80. The Morgan fingerprint density at radius 3 is 2.52 bits per heavy atom. The largest absolute Gasteiger partial charge is 0.346 e. The van der Waals surface area contributed by atoms with Crippen LogP contribution >= 0.6 is 0 Å². The summed E-state index contributed by atoms with van der Waals surface area (Å²) in [4.78, 5) is 31.3. The zero-order valence-electron chi connectivity index (χ0n) is 17.8. The Kier molecular flexibility index (Phi) is 6.02. The van der Waals surface area contributed by atoms with Gasteiger partial charge >= 0.3 is 11.8 Å². The molecule has 2 heterocycles. The molecule has 156 valence electrons. The first-order chi connectivity index (χ1) is 13.7. The topological polar surface area (TPSA) is 92.2 Å². The molecule has 2 N–H and O–H groups in total. The van der Waals surface area contributed by atoms with Crippen LogP contribution in [0.25, 0.3) is 5.82 Å². The lowest BCUT2D eigenvalue weighted by Gasteiger charge is -2.24. The molecule has 1 unspecified atom stereocenters. The molecule has 2 aromatic heterocycles. The van der Waals surface area contributed by atoms with Gasteiger partial charge in [-0.05, 0) is 45.0 Å². The number of nitrogens with zero attached hydrogens (tertiary/aromatic N) is 4. The molecular formula is C21H30N6O2. The number of hydrogen-bond acceptors (Lipinski definition) is 5. The van der Waals surface area contributed by atoms with E-state index in [9.17, 15) is 9.59 Å². The van der Waals surface area contributed by atoms with E-state index in [2.05, 4.69) is 25.6 Å². The van der Waals surface area contributed by atoms with Gasteiger partial charge in [0.2, 0.25) is 0 Å². The number of nitrogens with one attached hydrogen (secondary N) is 2. The van der Waals surface area contributed by atoms with Crippen LogP contribution in [0.1, 0.15) is 39.3 Å². The maximum Gasteiger partial charge on any atom is 0.314 e. The zero-order valence-corrected chi connectivity index (χ0v) is 17.8. The van der Waals surface area contributed by atoms with Gasteiger partial charge in [0.25, 0.3) is 0 Å². The van der Waals surface area contributed by atoms with Gasteiger partial charge in [0.15, 0.2) is 5.82 Å². The van der Waals surface area contributed by atoms with Gasteiger partial charge < -0.3 is 15.5 Å². The quantitative estimate of drug-likeness (QED) is 0.726. The molecule has 1 fully saturated rings. The Bertz CT molecular complexity index is 863. The Morgan fingerprint density at radius 1 is 1.24 bits per heavy atom. The van der Waals surface area contributed by atoms with Gasteiger partial charge in [-0.3, -0.25) is 9.59 Å². The highest BCUT2D eigenvalue weighted by molar-refractivity contribution is 6.39. The molecule has 8 nitrogen and oxygen atoms in total. The monoisotopic (exact) mass is 398 g/mol. The summed E-state index contributed by atoms with van der Waals surface area (Å²) in [5, 5.41) is 10.1. The molecule has 1 aliphatic rings. The van der Waals surface area contributed by atoms with Crippen LogP contribution in [0.4, 0.5) is 5.82 Å². The molecule has 0 radical (unpaired) electrons. The summed E-state index contributed by atoms with van der Waals surface area (Å²) in [6.45, 7) is 6.57. The molecule has 2 amide bonds. The van der Waals surface area contributed by atoms with Crippen LogP contribution in [-0.4, -0.2) is 58.2 Å². The normalized spacial score (nSPS) is 15.2. The first-order valence-electron chi connectivity index (χ1n) is 9.94. The van der Waals surface area contributed by atoms with Crippen molar-refractivity contribution < 1.29 is 9.59 Å². The summed E-state index contributed by atoms with van der Waals surface area (Å²) in [5.41, 5.74) is 0.575. The van der Waals surface area contributed by atoms with Gasteiger partial charge in [0.1, 0.15) is 5.82 Å². The van der Waals surface area contributed by atoms with Crippen molar-refractivity contribution in [2.75, 3.05) is 26.0 Å². The smallest absolute Gasteiger partial charge is 0.314 e. The van der Waals surface area contributed by atoms with E-state index in [0.29, 0.717) is 24.1 Å². The highest BCUT2D eigenvalue weighted by atomic mass is 16.2. The average Bonchev–Trinajstić information content (AvgIpc) is 3.40. The van der Waals surface area contributed by atoms with Crippen molar-refractivity contribution in [3.8, 4) is 5.82 Å². The van der Waals surface area contributed by atoms with E-state index in [-0.39, 0.29) is 11.5 Å². The number of rotatable bonds is 6. The van der Waals surface area contributed by atoms with Crippen LogP contribution in [0.15, 0.2) is 30.5 Å². The number of amides is 2. The second-order valence-corrected chi connectivity index (χ2v) is 8.80. The third kappa shape index (κ3) is 5.20. The van der Waals surface area contributed by atoms with Gasteiger partial charge in [-0.25, -0.2) is 4.98 Å². The lowest BCUT2D eigenvalue weighted by Crippen LogP contribution is -2.45. The lowest BCUT2D eigenvalue weighted by atomic mass is 9.92. The minimum Gasteiger partial charge on any atom is -0.346 e. The molecule has 2 aromatic rings. The van der Waals surface area contributed by atoms with Crippen LogP contribution in [0.2, 0.25) is 0 Å². The molecule has 1 atom stereocenters. The van der Waals surface area contributed by atoms with Gasteiger partial charge in [0, 0.05) is 30.3 Å². The summed E-state index contributed by atoms with van der Waals surface area (Å²) in [6.07, 6.45) is 4.00. The Morgan fingerprint density at radius 2 is 1.97 bits per heavy atom. The van der Waals surface area contributed by atoms with E-state index in [4.69, 9.17) is 0 Å². The molecule has 0 aromatic carbocycles. The summed E-state index contributed by atoms with van der Waals surface area (Å²) < 4.78 is 1.55. The van der Waals surface area contributed by atoms with Crippen LogP contribution in [-0.2, 0) is 15.0 Å². The molecule has 3 rings (SSSR count). The number of pyridine rings is 1. The zero-order chi connectivity index (χ0) is 21.2. The average molecular weight is 399 g/mol.